The number of amides is 1. The van der Waals surface area contributed by atoms with Gasteiger partial charge in [0.05, 0.1) is 17.6 Å². The van der Waals surface area contributed by atoms with E-state index in [0.717, 1.165) is 34.5 Å². The smallest absolute Gasteiger partial charge is 0.326 e. The van der Waals surface area contributed by atoms with Gasteiger partial charge < -0.3 is 14.2 Å². The zero-order valence-corrected chi connectivity index (χ0v) is 16.8. The number of carbonyl (C=O) groups is 2. The molecule has 1 amide bonds. The number of aromatic nitrogens is 2. The second-order valence-electron chi connectivity index (χ2n) is 7.24. The summed E-state index contributed by atoms with van der Waals surface area (Å²) in [5.74, 6) is 0.485. The highest BCUT2D eigenvalue weighted by molar-refractivity contribution is 5.97. The van der Waals surface area contributed by atoms with Crippen molar-refractivity contribution in [3.63, 3.8) is 0 Å². The number of anilines is 1. The Kier molecular flexibility index (Phi) is 5.34. The van der Waals surface area contributed by atoms with Crippen molar-refractivity contribution in [1.29, 1.82) is 0 Å². The number of ether oxygens (including phenoxy) is 1. The monoisotopic (exact) mass is 391 g/mol. The maximum atomic E-state index is 12.9. The lowest BCUT2D eigenvalue weighted by Gasteiger charge is -2.20. The summed E-state index contributed by atoms with van der Waals surface area (Å²) in [4.78, 5) is 31.7. The molecule has 0 N–H and O–H groups in total. The van der Waals surface area contributed by atoms with Gasteiger partial charge >= 0.3 is 5.97 Å². The Bertz CT molecular complexity index is 1060. The van der Waals surface area contributed by atoms with Crippen molar-refractivity contribution in [3.8, 4) is 0 Å². The minimum absolute atomic E-state index is 0.0748. The fraction of sp³-hybridized carbons (Fsp3) is 0.348. The average molecular weight is 391 g/mol. The number of esters is 1. The molecular weight excluding hydrogens is 366 g/mol. The number of nitrogens with zero attached hydrogens (tertiary/aromatic N) is 3. The quantitative estimate of drug-likeness (QED) is 0.601. The van der Waals surface area contributed by atoms with Gasteiger partial charge in [0.2, 0.25) is 5.91 Å². The van der Waals surface area contributed by atoms with E-state index in [9.17, 15) is 9.59 Å². The first-order chi connectivity index (χ1) is 14.1. The molecule has 0 aliphatic carbocycles. The fourth-order valence-electron chi connectivity index (χ4n) is 4.09. The molecule has 1 unspecified atom stereocenters. The topological polar surface area (TPSA) is 64.4 Å². The normalized spacial score (nSPS) is 16.6. The first-order valence-corrected chi connectivity index (χ1v) is 10.1. The molecular formula is C23H25N3O3. The largest absolute Gasteiger partial charge is 0.465 e. The van der Waals surface area contributed by atoms with Crippen LogP contribution in [0.15, 0.2) is 48.5 Å². The van der Waals surface area contributed by atoms with Crippen LogP contribution in [-0.2, 0) is 27.3 Å². The summed E-state index contributed by atoms with van der Waals surface area (Å²) in [5.41, 5.74) is 3.83. The summed E-state index contributed by atoms with van der Waals surface area (Å²) in [6.07, 6.45) is 1.25. The lowest BCUT2D eigenvalue weighted by molar-refractivity contribution is -0.143. The van der Waals surface area contributed by atoms with Gasteiger partial charge in [0.15, 0.2) is 0 Å². The van der Waals surface area contributed by atoms with Gasteiger partial charge in [0.25, 0.3) is 0 Å². The summed E-state index contributed by atoms with van der Waals surface area (Å²) in [5, 5.41) is 0. The second-order valence-corrected chi connectivity index (χ2v) is 7.24. The van der Waals surface area contributed by atoms with Crippen molar-refractivity contribution in [2.24, 2.45) is 0 Å². The lowest BCUT2D eigenvalue weighted by Crippen LogP contribution is -2.26. The van der Waals surface area contributed by atoms with Gasteiger partial charge in [-0.25, -0.2) is 4.98 Å². The van der Waals surface area contributed by atoms with E-state index in [-0.39, 0.29) is 24.3 Å². The number of para-hydroxylation sites is 3. The molecule has 3 aromatic rings. The molecule has 1 aliphatic heterocycles. The highest BCUT2D eigenvalue weighted by Crippen LogP contribution is 2.34. The predicted octanol–water partition coefficient (Wildman–Crippen LogP) is 3.68. The van der Waals surface area contributed by atoms with E-state index < -0.39 is 0 Å². The molecule has 1 aliphatic rings. The molecule has 2 aromatic carbocycles. The van der Waals surface area contributed by atoms with Crippen LogP contribution in [0.25, 0.3) is 11.0 Å². The Hall–Kier alpha value is -3.15. The molecule has 1 atom stereocenters. The zero-order valence-electron chi connectivity index (χ0n) is 16.8. The van der Waals surface area contributed by atoms with E-state index in [4.69, 9.17) is 9.72 Å². The Morgan fingerprint density at radius 1 is 1.14 bits per heavy atom. The first-order valence-electron chi connectivity index (χ1n) is 10.1. The van der Waals surface area contributed by atoms with E-state index in [2.05, 4.69) is 13.0 Å². The van der Waals surface area contributed by atoms with Crippen LogP contribution >= 0.6 is 0 Å². The molecule has 1 saturated heterocycles. The maximum absolute atomic E-state index is 12.9. The van der Waals surface area contributed by atoms with Crippen molar-refractivity contribution < 1.29 is 14.3 Å². The number of hydrogen-bond donors (Lipinski definition) is 0. The van der Waals surface area contributed by atoms with Crippen LogP contribution in [0.1, 0.15) is 37.6 Å². The van der Waals surface area contributed by atoms with E-state index in [1.54, 1.807) is 6.92 Å². The molecule has 2 heterocycles. The van der Waals surface area contributed by atoms with Gasteiger partial charge in [-0.1, -0.05) is 37.3 Å². The molecule has 1 aromatic heterocycles. The number of hydrogen-bond acceptors (Lipinski definition) is 4. The number of carbonyl (C=O) groups excluding carboxylic acids is 2. The molecule has 150 valence electrons. The Morgan fingerprint density at radius 2 is 1.90 bits per heavy atom. The Balaban J connectivity index is 1.70. The minimum atomic E-state index is -0.297. The van der Waals surface area contributed by atoms with Gasteiger partial charge in [-0.3, -0.25) is 9.59 Å². The van der Waals surface area contributed by atoms with Crippen LogP contribution in [0.5, 0.6) is 0 Å². The summed E-state index contributed by atoms with van der Waals surface area (Å²) in [6.45, 7) is 4.88. The summed E-state index contributed by atoms with van der Waals surface area (Å²) >= 11 is 0. The highest BCUT2D eigenvalue weighted by Gasteiger charge is 2.35. The van der Waals surface area contributed by atoms with Gasteiger partial charge in [-0.05, 0) is 37.1 Å². The van der Waals surface area contributed by atoms with E-state index in [0.29, 0.717) is 19.6 Å². The third-order valence-electron chi connectivity index (χ3n) is 5.43. The van der Waals surface area contributed by atoms with Crippen molar-refractivity contribution in [2.45, 2.75) is 39.2 Å². The summed E-state index contributed by atoms with van der Waals surface area (Å²) in [7, 11) is 0. The minimum Gasteiger partial charge on any atom is -0.465 e. The third-order valence-corrected chi connectivity index (χ3v) is 5.43. The Labute approximate surface area is 170 Å². The van der Waals surface area contributed by atoms with Gasteiger partial charge in [-0.15, -0.1) is 0 Å². The molecule has 1 fully saturated rings. The van der Waals surface area contributed by atoms with Crippen molar-refractivity contribution in [1.82, 2.24) is 9.55 Å². The van der Waals surface area contributed by atoms with Crippen LogP contribution in [0.4, 0.5) is 5.69 Å². The maximum Gasteiger partial charge on any atom is 0.326 e. The molecule has 4 rings (SSSR count). The van der Waals surface area contributed by atoms with E-state index in [1.807, 2.05) is 51.9 Å². The molecule has 0 radical (unpaired) electrons. The summed E-state index contributed by atoms with van der Waals surface area (Å²) in [6, 6.07) is 15.8. The lowest BCUT2D eigenvalue weighted by atomic mass is 10.1. The van der Waals surface area contributed by atoms with E-state index >= 15 is 0 Å². The van der Waals surface area contributed by atoms with Crippen molar-refractivity contribution in [2.75, 3.05) is 18.1 Å². The number of fused-ring (bicyclic) bond motifs is 1. The predicted molar refractivity (Wildman–Crippen MR) is 112 cm³/mol. The van der Waals surface area contributed by atoms with Crippen LogP contribution < -0.4 is 4.90 Å². The molecule has 0 saturated carbocycles. The van der Waals surface area contributed by atoms with Crippen LogP contribution in [0.3, 0.4) is 0 Å². The van der Waals surface area contributed by atoms with Crippen LogP contribution in [0, 0.1) is 0 Å². The van der Waals surface area contributed by atoms with Crippen molar-refractivity contribution >= 4 is 28.6 Å². The van der Waals surface area contributed by atoms with Crippen LogP contribution in [0.2, 0.25) is 0 Å². The molecule has 29 heavy (non-hydrogen) atoms. The van der Waals surface area contributed by atoms with Crippen LogP contribution in [-0.4, -0.2) is 34.6 Å². The average Bonchev–Trinajstić information content (AvgIpc) is 3.29. The summed E-state index contributed by atoms with van der Waals surface area (Å²) < 4.78 is 7.06. The number of imidazole rings is 1. The molecule has 0 spiro atoms. The standard InChI is InChI=1S/C23H25N3O3/c1-3-16-9-5-7-11-19(16)25-14-17(13-21(25)27)23-24-18-10-6-8-12-20(18)26(23)15-22(28)29-4-2/h5-12,17H,3-4,13-15H2,1-2H3. The highest BCUT2D eigenvalue weighted by atomic mass is 16.5. The third kappa shape index (κ3) is 3.62. The number of aryl methyl sites for hydroxylation is 1. The molecule has 6 nitrogen and oxygen atoms in total. The zero-order chi connectivity index (χ0) is 20.4. The van der Waals surface area contributed by atoms with Gasteiger partial charge in [0, 0.05) is 24.6 Å². The second kappa shape index (κ2) is 8.07. The van der Waals surface area contributed by atoms with Crippen molar-refractivity contribution in [3.05, 3.63) is 59.9 Å². The number of rotatable bonds is 6. The Morgan fingerprint density at radius 3 is 2.69 bits per heavy atom. The van der Waals surface area contributed by atoms with E-state index in [1.165, 1.54) is 0 Å². The molecule has 0 bridgehead atoms. The molecule has 6 heteroatoms. The first kappa shape index (κ1) is 19.2. The van der Waals surface area contributed by atoms with Gasteiger partial charge in [-0.2, -0.15) is 0 Å². The van der Waals surface area contributed by atoms with Gasteiger partial charge in [0.1, 0.15) is 12.4 Å². The number of benzene rings is 2. The SMILES string of the molecule is CCOC(=O)Cn1c(C2CC(=O)N(c3ccccc3CC)C2)nc2ccccc21. The fourth-order valence-corrected chi connectivity index (χ4v) is 4.09.